The average Bonchev–Trinajstić information content (AvgIpc) is 3.46. The van der Waals surface area contributed by atoms with E-state index in [1.54, 1.807) is 17.5 Å². The van der Waals surface area contributed by atoms with Crippen molar-refractivity contribution >= 4 is 34.8 Å². The van der Waals surface area contributed by atoms with E-state index in [2.05, 4.69) is 29.4 Å². The molecule has 0 aromatic carbocycles. The van der Waals surface area contributed by atoms with Gasteiger partial charge in [-0.05, 0) is 49.6 Å². The van der Waals surface area contributed by atoms with Crippen LogP contribution < -0.4 is 15.8 Å². The highest BCUT2D eigenvalue weighted by molar-refractivity contribution is 7.09. The first-order valence-electron chi connectivity index (χ1n) is 11.2. The molecule has 0 radical (unpaired) electrons. The van der Waals surface area contributed by atoms with Gasteiger partial charge in [-0.15, -0.1) is 11.3 Å². The molecule has 0 spiro atoms. The molecule has 3 aromatic heterocycles. The number of aromatic nitrogens is 3. The molecule has 1 fully saturated rings. The highest BCUT2D eigenvalue weighted by atomic mass is 32.1. The first-order valence-corrected chi connectivity index (χ1v) is 12.1. The van der Waals surface area contributed by atoms with Crippen molar-refractivity contribution in [1.29, 1.82) is 0 Å². The molecular weight excluding hydrogens is 438 g/mol. The van der Waals surface area contributed by atoms with Crippen molar-refractivity contribution in [3.63, 3.8) is 0 Å². The number of aryl methyl sites for hydroxylation is 2. The van der Waals surface area contributed by atoms with Crippen molar-refractivity contribution in [2.75, 3.05) is 25.0 Å². The van der Waals surface area contributed by atoms with Gasteiger partial charge in [0, 0.05) is 43.2 Å². The van der Waals surface area contributed by atoms with Crippen LogP contribution >= 0.6 is 11.3 Å². The van der Waals surface area contributed by atoms with E-state index in [9.17, 15) is 9.59 Å². The van der Waals surface area contributed by atoms with Gasteiger partial charge in [-0.3, -0.25) is 9.20 Å². The predicted molar refractivity (Wildman–Crippen MR) is 131 cm³/mol. The third kappa shape index (κ3) is 5.15. The smallest absolute Gasteiger partial charge is 0.328 e. The Kier molecular flexibility index (Phi) is 6.90. The Morgan fingerprint density at radius 3 is 2.85 bits per heavy atom. The molecular formula is C24H29N5O3S. The topological polar surface area (TPSA) is 99.8 Å². The van der Waals surface area contributed by atoms with Crippen molar-refractivity contribution in [2.45, 2.75) is 45.1 Å². The van der Waals surface area contributed by atoms with E-state index in [1.165, 1.54) is 10.5 Å². The second-order valence-electron chi connectivity index (χ2n) is 8.63. The summed E-state index contributed by atoms with van der Waals surface area (Å²) in [6.07, 6.45) is 6.65. The third-order valence-corrected chi connectivity index (χ3v) is 6.91. The predicted octanol–water partition coefficient (Wildman–Crippen LogP) is 2.96. The molecule has 0 unspecified atom stereocenters. The van der Waals surface area contributed by atoms with Crippen LogP contribution in [0.1, 0.15) is 48.0 Å². The van der Waals surface area contributed by atoms with Crippen molar-refractivity contribution in [3.05, 3.63) is 62.0 Å². The fraction of sp³-hybridized carbons (Fsp3) is 0.417. The third-order valence-electron chi connectivity index (χ3n) is 5.99. The standard InChI is InChI=1S/C24H29N5O3S/c1-15(2)19-14-33-21(26-19)6-4-16-8-11-29-20(12-16)27-23(28-10-9-17(13-28)25-3)18(24(29)32)5-7-22(30)31/h5,7-8,11-12,14-15,17,25H,4,6,9-10,13H2,1-3H3,(H,30,31)/t17-/m1/s1. The lowest BCUT2D eigenvalue weighted by Gasteiger charge is -2.20. The second-order valence-corrected chi connectivity index (χ2v) is 9.57. The van der Waals surface area contributed by atoms with Crippen LogP contribution in [-0.2, 0) is 17.6 Å². The molecule has 1 aliphatic rings. The number of nitrogens with one attached hydrogen (secondary N) is 1. The maximum atomic E-state index is 13.3. The summed E-state index contributed by atoms with van der Waals surface area (Å²) in [6.45, 7) is 5.75. The summed E-state index contributed by atoms with van der Waals surface area (Å²) in [5.41, 5.74) is 2.79. The molecule has 9 heteroatoms. The van der Waals surface area contributed by atoms with Crippen molar-refractivity contribution in [3.8, 4) is 0 Å². The van der Waals surface area contributed by atoms with Crippen LogP contribution in [0.3, 0.4) is 0 Å². The lowest BCUT2D eigenvalue weighted by atomic mass is 10.1. The first kappa shape index (κ1) is 23.1. The number of anilines is 1. The zero-order chi connectivity index (χ0) is 23.5. The first-order chi connectivity index (χ1) is 15.9. The fourth-order valence-electron chi connectivity index (χ4n) is 4.02. The lowest BCUT2D eigenvalue weighted by Crippen LogP contribution is -2.32. The Labute approximate surface area is 196 Å². The van der Waals surface area contributed by atoms with Gasteiger partial charge in [0.1, 0.15) is 11.5 Å². The SMILES string of the molecule is CN[C@@H]1CCN(c2nc3cc(CCc4nc(C(C)C)cs4)ccn3c(=O)c2C=CC(=O)O)C1. The van der Waals surface area contributed by atoms with Crippen LogP contribution in [0, 0.1) is 0 Å². The molecule has 1 saturated heterocycles. The van der Waals surface area contributed by atoms with Crippen LogP contribution in [0.15, 0.2) is 34.6 Å². The van der Waals surface area contributed by atoms with E-state index >= 15 is 0 Å². The van der Waals surface area contributed by atoms with Crippen LogP contribution in [0.25, 0.3) is 11.7 Å². The minimum atomic E-state index is -1.10. The highest BCUT2D eigenvalue weighted by Crippen LogP contribution is 2.23. The van der Waals surface area contributed by atoms with Gasteiger partial charge >= 0.3 is 5.97 Å². The Balaban J connectivity index is 1.67. The Bertz CT molecular complexity index is 1250. The van der Waals surface area contributed by atoms with E-state index in [4.69, 9.17) is 15.1 Å². The van der Waals surface area contributed by atoms with E-state index in [0.717, 1.165) is 54.7 Å². The van der Waals surface area contributed by atoms with Gasteiger partial charge in [0.05, 0.1) is 16.3 Å². The molecule has 0 bridgehead atoms. The summed E-state index contributed by atoms with van der Waals surface area (Å²) in [6, 6.07) is 4.17. The van der Waals surface area contributed by atoms with Gasteiger partial charge in [-0.25, -0.2) is 14.8 Å². The number of likely N-dealkylation sites (N-methyl/N-ethyl adjacent to an activating group) is 1. The zero-order valence-electron chi connectivity index (χ0n) is 19.1. The summed E-state index contributed by atoms with van der Waals surface area (Å²) >= 11 is 1.68. The number of thiazole rings is 1. The normalized spacial score (nSPS) is 16.5. The number of nitrogens with zero attached hydrogens (tertiary/aromatic N) is 4. The average molecular weight is 468 g/mol. The number of carboxylic acid groups (broad SMARTS) is 1. The Morgan fingerprint density at radius 2 is 2.18 bits per heavy atom. The summed E-state index contributed by atoms with van der Waals surface area (Å²) < 4.78 is 1.49. The highest BCUT2D eigenvalue weighted by Gasteiger charge is 2.25. The minimum Gasteiger partial charge on any atom is -0.478 e. The maximum Gasteiger partial charge on any atom is 0.328 e. The van der Waals surface area contributed by atoms with E-state index in [1.807, 2.05) is 19.2 Å². The number of aliphatic carboxylic acids is 1. The number of carboxylic acids is 1. The van der Waals surface area contributed by atoms with Crippen LogP contribution in [-0.4, -0.2) is 51.6 Å². The minimum absolute atomic E-state index is 0.270. The van der Waals surface area contributed by atoms with Gasteiger partial charge in [0.25, 0.3) is 5.56 Å². The molecule has 174 valence electrons. The number of pyridine rings is 1. The van der Waals surface area contributed by atoms with Crippen LogP contribution in [0.2, 0.25) is 0 Å². The molecule has 33 heavy (non-hydrogen) atoms. The Hall–Kier alpha value is -3.04. The fourth-order valence-corrected chi connectivity index (χ4v) is 4.98. The van der Waals surface area contributed by atoms with Crippen molar-refractivity contribution < 1.29 is 9.90 Å². The van der Waals surface area contributed by atoms with E-state index in [-0.39, 0.29) is 5.56 Å². The number of fused-ring (bicyclic) bond motifs is 1. The van der Waals surface area contributed by atoms with E-state index < -0.39 is 5.97 Å². The molecule has 1 atom stereocenters. The second kappa shape index (κ2) is 9.84. The molecule has 3 aromatic rings. The molecule has 0 saturated carbocycles. The van der Waals surface area contributed by atoms with Crippen molar-refractivity contribution in [2.24, 2.45) is 0 Å². The summed E-state index contributed by atoms with van der Waals surface area (Å²) in [5, 5.41) is 15.6. The van der Waals surface area contributed by atoms with Crippen molar-refractivity contribution in [1.82, 2.24) is 19.7 Å². The molecule has 0 aliphatic carbocycles. The quantitative estimate of drug-likeness (QED) is 0.491. The molecule has 8 nitrogen and oxygen atoms in total. The van der Waals surface area contributed by atoms with Gasteiger partial charge in [0.2, 0.25) is 0 Å². The molecule has 1 aliphatic heterocycles. The van der Waals surface area contributed by atoms with Gasteiger partial charge in [0.15, 0.2) is 0 Å². The Morgan fingerprint density at radius 1 is 1.36 bits per heavy atom. The number of hydrogen-bond donors (Lipinski definition) is 2. The zero-order valence-corrected chi connectivity index (χ0v) is 19.9. The monoisotopic (exact) mass is 467 g/mol. The van der Waals surface area contributed by atoms with E-state index in [0.29, 0.717) is 29.0 Å². The number of rotatable bonds is 8. The summed E-state index contributed by atoms with van der Waals surface area (Å²) in [4.78, 5) is 35.9. The van der Waals surface area contributed by atoms with Crippen LogP contribution in [0.5, 0.6) is 0 Å². The number of hydrogen-bond acceptors (Lipinski definition) is 7. The summed E-state index contributed by atoms with van der Waals surface area (Å²) in [5.74, 6) is -0.144. The van der Waals surface area contributed by atoms with Gasteiger partial charge in [-0.1, -0.05) is 13.8 Å². The lowest BCUT2D eigenvalue weighted by molar-refractivity contribution is -0.131. The van der Waals surface area contributed by atoms with Gasteiger partial charge < -0.3 is 15.3 Å². The largest absolute Gasteiger partial charge is 0.478 e. The molecule has 4 rings (SSSR count). The summed E-state index contributed by atoms with van der Waals surface area (Å²) in [7, 11) is 1.92. The van der Waals surface area contributed by atoms with Gasteiger partial charge in [-0.2, -0.15) is 0 Å². The molecule has 0 amide bonds. The van der Waals surface area contributed by atoms with Crippen LogP contribution in [0.4, 0.5) is 5.82 Å². The molecule has 4 heterocycles. The number of carbonyl (C=O) groups is 1. The molecule has 2 N–H and O–H groups in total. The maximum absolute atomic E-state index is 13.3.